The van der Waals surface area contributed by atoms with Gasteiger partial charge >= 0.3 is 12.3 Å². The molecule has 1 aromatic rings. The Labute approximate surface area is 141 Å². The van der Waals surface area contributed by atoms with Gasteiger partial charge in [-0.25, -0.2) is 10.2 Å². The van der Waals surface area contributed by atoms with E-state index in [4.69, 9.17) is 10.5 Å². The van der Waals surface area contributed by atoms with E-state index in [1.807, 2.05) is 0 Å². The van der Waals surface area contributed by atoms with Crippen LogP contribution in [0.4, 0.5) is 23.7 Å². The van der Waals surface area contributed by atoms with Crippen LogP contribution in [0.25, 0.3) is 0 Å². The van der Waals surface area contributed by atoms with Crippen LogP contribution in [0.2, 0.25) is 0 Å². The number of fused-ring (bicyclic) bond motifs is 1. The molecule has 0 bridgehead atoms. The maximum atomic E-state index is 13.6. The van der Waals surface area contributed by atoms with E-state index in [9.17, 15) is 18.0 Å². The summed E-state index contributed by atoms with van der Waals surface area (Å²) in [5.74, 6) is 0.379. The SMILES string of the molecule is NCC12CC1CN(c1ccc(C3=NNC(=O)OC3)cc1C(F)(F)F)C2. The summed E-state index contributed by atoms with van der Waals surface area (Å²) in [5.41, 5.74) is 7.85. The molecule has 1 aliphatic carbocycles. The highest BCUT2D eigenvalue weighted by Gasteiger charge is 2.59. The number of cyclic esters (lactones) is 1. The number of anilines is 1. The molecule has 0 aromatic heterocycles. The van der Waals surface area contributed by atoms with E-state index in [1.54, 1.807) is 11.0 Å². The molecule has 1 saturated carbocycles. The van der Waals surface area contributed by atoms with Crippen molar-refractivity contribution in [3.63, 3.8) is 0 Å². The van der Waals surface area contributed by atoms with Crippen LogP contribution in [0, 0.1) is 11.3 Å². The van der Waals surface area contributed by atoms with Gasteiger partial charge in [-0.3, -0.25) is 0 Å². The summed E-state index contributed by atoms with van der Waals surface area (Å²) in [6.45, 7) is 1.49. The van der Waals surface area contributed by atoms with Gasteiger partial charge in [-0.15, -0.1) is 0 Å². The number of halogens is 3. The fourth-order valence-electron chi connectivity index (χ4n) is 3.77. The van der Waals surface area contributed by atoms with Gasteiger partial charge in [-0.1, -0.05) is 6.07 Å². The third-order valence-electron chi connectivity index (χ3n) is 5.31. The minimum Gasteiger partial charge on any atom is -0.442 e. The minimum absolute atomic E-state index is 0.0207. The lowest BCUT2D eigenvalue weighted by atomic mass is 10.0. The highest BCUT2D eigenvalue weighted by Crippen LogP contribution is 2.58. The fraction of sp³-hybridized carbons (Fsp3) is 0.500. The first kappa shape index (κ1) is 16.2. The summed E-state index contributed by atoms with van der Waals surface area (Å²) < 4.78 is 45.6. The summed E-state index contributed by atoms with van der Waals surface area (Å²) >= 11 is 0. The second-order valence-corrected chi connectivity index (χ2v) is 6.82. The first-order chi connectivity index (χ1) is 11.8. The number of hydrazone groups is 1. The molecule has 0 spiro atoms. The Hall–Kier alpha value is -2.29. The summed E-state index contributed by atoms with van der Waals surface area (Å²) in [6.07, 6.45) is -4.22. The molecule has 6 nitrogen and oxygen atoms in total. The highest BCUT2D eigenvalue weighted by atomic mass is 19.4. The Balaban J connectivity index is 1.67. The van der Waals surface area contributed by atoms with E-state index >= 15 is 0 Å². The average Bonchev–Trinajstić information content (AvgIpc) is 3.15. The molecule has 3 N–H and O–H groups in total. The van der Waals surface area contributed by atoms with E-state index in [-0.39, 0.29) is 29.0 Å². The second kappa shape index (κ2) is 5.35. The Bertz CT molecular complexity index is 760. The van der Waals surface area contributed by atoms with Crippen molar-refractivity contribution >= 4 is 17.5 Å². The van der Waals surface area contributed by atoms with Crippen molar-refractivity contribution < 1.29 is 22.7 Å². The zero-order valence-electron chi connectivity index (χ0n) is 13.3. The van der Waals surface area contributed by atoms with Gasteiger partial charge in [-0.05, 0) is 31.0 Å². The van der Waals surface area contributed by atoms with Gasteiger partial charge in [0, 0.05) is 29.8 Å². The number of hydrogen-bond acceptors (Lipinski definition) is 5. The van der Waals surface area contributed by atoms with Crippen molar-refractivity contribution in [2.45, 2.75) is 12.6 Å². The number of nitrogens with zero attached hydrogens (tertiary/aromatic N) is 2. The third-order valence-corrected chi connectivity index (χ3v) is 5.31. The highest BCUT2D eigenvalue weighted by molar-refractivity contribution is 6.04. The first-order valence-corrected chi connectivity index (χ1v) is 7.98. The van der Waals surface area contributed by atoms with Crippen LogP contribution in [-0.2, 0) is 10.9 Å². The van der Waals surface area contributed by atoms with E-state index in [0.717, 1.165) is 12.5 Å². The number of carbonyl (C=O) groups excluding carboxylic acids is 1. The summed E-state index contributed by atoms with van der Waals surface area (Å²) in [7, 11) is 0. The van der Waals surface area contributed by atoms with Crippen LogP contribution < -0.4 is 16.1 Å². The topological polar surface area (TPSA) is 80.0 Å². The molecule has 1 amide bonds. The number of amides is 1. The summed E-state index contributed by atoms with van der Waals surface area (Å²) in [6, 6.07) is 4.10. The van der Waals surface area contributed by atoms with Gasteiger partial charge in [0.05, 0.1) is 5.56 Å². The Morgan fingerprint density at radius 3 is 2.84 bits per heavy atom. The van der Waals surface area contributed by atoms with Gasteiger partial charge in [-0.2, -0.15) is 18.3 Å². The minimum atomic E-state index is -4.49. The number of nitrogens with two attached hydrogens (primary N) is 1. The molecule has 4 rings (SSSR count). The average molecular weight is 354 g/mol. The molecule has 25 heavy (non-hydrogen) atoms. The molecule has 2 atom stereocenters. The normalized spacial score (nSPS) is 28.2. The molecule has 1 saturated heterocycles. The van der Waals surface area contributed by atoms with E-state index in [1.165, 1.54) is 6.07 Å². The lowest BCUT2D eigenvalue weighted by Gasteiger charge is -2.26. The zero-order valence-corrected chi connectivity index (χ0v) is 13.3. The van der Waals surface area contributed by atoms with Crippen molar-refractivity contribution in [3.05, 3.63) is 29.3 Å². The molecule has 0 radical (unpaired) electrons. The maximum Gasteiger partial charge on any atom is 0.428 e. The van der Waals surface area contributed by atoms with Crippen molar-refractivity contribution in [1.29, 1.82) is 0 Å². The molecule has 2 fully saturated rings. The molecule has 3 aliphatic rings. The molecular formula is C16H17F3N4O2. The number of carbonyl (C=O) groups is 1. The smallest absolute Gasteiger partial charge is 0.428 e. The van der Waals surface area contributed by atoms with Crippen LogP contribution in [-0.4, -0.2) is 38.0 Å². The number of rotatable bonds is 3. The summed E-state index contributed by atoms with van der Waals surface area (Å²) in [4.78, 5) is 12.7. The maximum absolute atomic E-state index is 13.6. The van der Waals surface area contributed by atoms with Gasteiger partial charge in [0.2, 0.25) is 0 Å². The Kier molecular flexibility index (Phi) is 3.47. The molecule has 2 aliphatic heterocycles. The molecule has 1 aromatic carbocycles. The predicted molar refractivity (Wildman–Crippen MR) is 84.3 cm³/mol. The largest absolute Gasteiger partial charge is 0.442 e. The quantitative estimate of drug-likeness (QED) is 0.869. The number of hydrogen-bond donors (Lipinski definition) is 2. The van der Waals surface area contributed by atoms with Crippen LogP contribution in [0.15, 0.2) is 23.3 Å². The van der Waals surface area contributed by atoms with E-state index < -0.39 is 17.8 Å². The van der Waals surface area contributed by atoms with Crippen molar-refractivity contribution in [1.82, 2.24) is 5.43 Å². The number of benzene rings is 1. The lowest BCUT2D eigenvalue weighted by molar-refractivity contribution is -0.137. The van der Waals surface area contributed by atoms with Crippen molar-refractivity contribution in [3.8, 4) is 0 Å². The lowest BCUT2D eigenvalue weighted by Crippen LogP contribution is -2.32. The van der Waals surface area contributed by atoms with Crippen LogP contribution in [0.1, 0.15) is 17.5 Å². The molecule has 2 heterocycles. The molecule has 2 unspecified atom stereocenters. The number of alkyl halides is 3. The fourth-order valence-corrected chi connectivity index (χ4v) is 3.77. The Morgan fingerprint density at radius 2 is 2.24 bits per heavy atom. The van der Waals surface area contributed by atoms with Gasteiger partial charge in [0.1, 0.15) is 12.3 Å². The first-order valence-electron chi connectivity index (χ1n) is 7.98. The van der Waals surface area contributed by atoms with Crippen LogP contribution in [0.3, 0.4) is 0 Å². The monoisotopic (exact) mass is 354 g/mol. The van der Waals surface area contributed by atoms with E-state index in [0.29, 0.717) is 25.6 Å². The standard InChI is InChI=1S/C16H17F3N4O2/c17-16(18,19)11-3-9(12-6-25-14(24)22-21-12)1-2-13(11)23-5-10-4-15(10,7-20)8-23/h1-3,10H,4-8,20H2,(H,22,24). The van der Waals surface area contributed by atoms with Crippen LogP contribution >= 0.6 is 0 Å². The Morgan fingerprint density at radius 1 is 1.44 bits per heavy atom. The van der Waals surface area contributed by atoms with Gasteiger partial charge < -0.3 is 15.4 Å². The number of piperidine rings is 1. The van der Waals surface area contributed by atoms with E-state index in [2.05, 4.69) is 10.5 Å². The van der Waals surface area contributed by atoms with Crippen LogP contribution in [0.5, 0.6) is 0 Å². The number of ether oxygens (including phenoxy) is 1. The molecular weight excluding hydrogens is 337 g/mol. The van der Waals surface area contributed by atoms with Gasteiger partial charge in [0.15, 0.2) is 0 Å². The number of nitrogens with one attached hydrogen (secondary N) is 1. The summed E-state index contributed by atoms with van der Waals surface area (Å²) in [5, 5.41) is 3.77. The van der Waals surface area contributed by atoms with Gasteiger partial charge in [0.25, 0.3) is 0 Å². The second-order valence-electron chi connectivity index (χ2n) is 6.82. The third kappa shape index (κ3) is 2.72. The molecule has 9 heteroatoms. The zero-order chi connectivity index (χ0) is 17.8. The van der Waals surface area contributed by atoms with Crippen molar-refractivity contribution in [2.24, 2.45) is 22.2 Å². The molecule has 134 valence electrons. The van der Waals surface area contributed by atoms with Crippen molar-refractivity contribution in [2.75, 3.05) is 31.1 Å². The predicted octanol–water partition coefficient (Wildman–Crippen LogP) is 1.93.